The number of halogens is 3. The zero-order valence-corrected chi connectivity index (χ0v) is 18.2. The molecule has 1 heterocycles. The Morgan fingerprint density at radius 1 is 1.10 bits per heavy atom. The van der Waals surface area contributed by atoms with Crippen molar-refractivity contribution in [3.63, 3.8) is 0 Å². The molecule has 0 spiro atoms. The summed E-state index contributed by atoms with van der Waals surface area (Å²) >= 11 is 0. The monoisotopic (exact) mass is 521 g/mol. The molecule has 2 aromatic rings. The maximum atomic E-state index is 12.6. The van der Waals surface area contributed by atoms with Gasteiger partial charge in [0.1, 0.15) is 11.5 Å². The average molecular weight is 521 g/mol. The van der Waals surface area contributed by atoms with Crippen LogP contribution in [0, 0.1) is 0 Å². The summed E-state index contributed by atoms with van der Waals surface area (Å²) in [6.07, 6.45) is 0. The Balaban J connectivity index is 0.00000300. The van der Waals surface area contributed by atoms with Crippen LogP contribution in [0.5, 0.6) is 23.0 Å². The standard InChI is InChI=1S/C19H21F2N3O4.HI/c1-22-19(23-9-12-3-5-16-17(7-12)27-11-26-16)24-10-13-8-14(25-2)4-6-15(13)28-18(20)21;/h3-8,18H,9-11H2,1-2H3,(H2,22,23,24);1H. The van der Waals surface area contributed by atoms with Gasteiger partial charge in [0, 0.05) is 25.7 Å². The van der Waals surface area contributed by atoms with E-state index in [9.17, 15) is 8.78 Å². The van der Waals surface area contributed by atoms with Crippen LogP contribution in [0.15, 0.2) is 41.4 Å². The molecule has 0 unspecified atom stereocenters. The molecule has 3 rings (SSSR count). The van der Waals surface area contributed by atoms with Crippen molar-refractivity contribution < 1.29 is 27.7 Å². The topological polar surface area (TPSA) is 73.3 Å². The Kier molecular flexibility index (Phi) is 8.55. The first kappa shape index (κ1) is 22.8. The van der Waals surface area contributed by atoms with E-state index in [-0.39, 0.29) is 43.1 Å². The second-order valence-electron chi connectivity index (χ2n) is 5.82. The van der Waals surface area contributed by atoms with E-state index in [1.165, 1.54) is 13.2 Å². The largest absolute Gasteiger partial charge is 0.497 e. The second-order valence-corrected chi connectivity index (χ2v) is 5.82. The van der Waals surface area contributed by atoms with Crippen LogP contribution < -0.4 is 29.6 Å². The SMILES string of the molecule is CN=C(NCc1ccc2c(c1)OCO2)NCc1cc(OC)ccc1OC(F)F.I. The molecular weight excluding hydrogens is 499 g/mol. The molecular formula is C19H22F2IN3O4. The van der Waals surface area contributed by atoms with Crippen molar-refractivity contribution in [2.45, 2.75) is 19.7 Å². The van der Waals surface area contributed by atoms with Crippen LogP contribution in [0.3, 0.4) is 0 Å². The molecule has 0 saturated carbocycles. The van der Waals surface area contributed by atoms with Gasteiger partial charge in [0.15, 0.2) is 17.5 Å². The van der Waals surface area contributed by atoms with Gasteiger partial charge in [-0.25, -0.2) is 0 Å². The molecule has 10 heteroatoms. The molecule has 0 aliphatic carbocycles. The molecule has 0 fully saturated rings. The zero-order chi connectivity index (χ0) is 19.9. The van der Waals surface area contributed by atoms with Gasteiger partial charge in [0.2, 0.25) is 6.79 Å². The van der Waals surface area contributed by atoms with Crippen LogP contribution in [0.4, 0.5) is 8.78 Å². The third-order valence-electron chi connectivity index (χ3n) is 4.05. The number of fused-ring (bicyclic) bond motifs is 1. The number of hydrogen-bond donors (Lipinski definition) is 2. The van der Waals surface area contributed by atoms with Gasteiger partial charge in [-0.15, -0.1) is 24.0 Å². The number of rotatable bonds is 7. The summed E-state index contributed by atoms with van der Waals surface area (Å²) in [5.74, 6) is 2.54. The number of nitrogens with one attached hydrogen (secondary N) is 2. The Hall–Kier alpha value is -2.50. The minimum atomic E-state index is -2.91. The average Bonchev–Trinajstić information content (AvgIpc) is 3.16. The third-order valence-corrected chi connectivity index (χ3v) is 4.05. The fourth-order valence-corrected chi connectivity index (χ4v) is 2.67. The van der Waals surface area contributed by atoms with E-state index in [2.05, 4.69) is 20.4 Å². The van der Waals surface area contributed by atoms with E-state index >= 15 is 0 Å². The van der Waals surface area contributed by atoms with Crippen molar-refractivity contribution in [2.75, 3.05) is 21.0 Å². The Bertz CT molecular complexity index is 852. The van der Waals surface area contributed by atoms with E-state index < -0.39 is 6.61 Å². The summed E-state index contributed by atoms with van der Waals surface area (Å²) in [5, 5.41) is 6.23. The highest BCUT2D eigenvalue weighted by atomic mass is 127. The van der Waals surface area contributed by atoms with E-state index in [4.69, 9.17) is 14.2 Å². The lowest BCUT2D eigenvalue weighted by molar-refractivity contribution is -0.0505. The molecule has 2 aromatic carbocycles. The van der Waals surface area contributed by atoms with Gasteiger partial charge in [-0.3, -0.25) is 4.99 Å². The molecule has 7 nitrogen and oxygen atoms in total. The molecule has 0 amide bonds. The lowest BCUT2D eigenvalue weighted by atomic mass is 10.2. The highest BCUT2D eigenvalue weighted by Gasteiger charge is 2.14. The Morgan fingerprint density at radius 2 is 1.86 bits per heavy atom. The minimum absolute atomic E-state index is 0. The number of alkyl halides is 2. The van der Waals surface area contributed by atoms with Gasteiger partial charge >= 0.3 is 6.61 Å². The quantitative estimate of drug-likeness (QED) is 0.330. The first-order chi connectivity index (χ1) is 13.6. The van der Waals surface area contributed by atoms with Crippen molar-refractivity contribution in [2.24, 2.45) is 4.99 Å². The van der Waals surface area contributed by atoms with Gasteiger partial charge < -0.3 is 29.6 Å². The molecule has 0 radical (unpaired) electrons. The summed E-state index contributed by atoms with van der Waals surface area (Å²) in [4.78, 5) is 4.14. The zero-order valence-electron chi connectivity index (χ0n) is 15.9. The van der Waals surface area contributed by atoms with E-state index in [1.807, 2.05) is 18.2 Å². The molecule has 158 valence electrons. The molecule has 0 aromatic heterocycles. The van der Waals surface area contributed by atoms with Crippen LogP contribution in [-0.2, 0) is 13.1 Å². The van der Waals surface area contributed by atoms with Crippen molar-refractivity contribution in [1.82, 2.24) is 10.6 Å². The van der Waals surface area contributed by atoms with Gasteiger partial charge in [-0.2, -0.15) is 8.78 Å². The number of guanidine groups is 1. The molecule has 2 N–H and O–H groups in total. The van der Waals surface area contributed by atoms with Gasteiger partial charge in [-0.1, -0.05) is 6.07 Å². The van der Waals surface area contributed by atoms with Gasteiger partial charge in [0.05, 0.1) is 7.11 Å². The predicted molar refractivity (Wildman–Crippen MR) is 115 cm³/mol. The van der Waals surface area contributed by atoms with Crippen molar-refractivity contribution in [1.29, 1.82) is 0 Å². The van der Waals surface area contributed by atoms with Crippen molar-refractivity contribution in [3.8, 4) is 23.0 Å². The maximum absolute atomic E-state index is 12.6. The molecule has 29 heavy (non-hydrogen) atoms. The minimum Gasteiger partial charge on any atom is -0.497 e. The molecule has 1 aliphatic rings. The predicted octanol–water partition coefficient (Wildman–Crippen LogP) is 3.51. The van der Waals surface area contributed by atoms with Gasteiger partial charge in [0.25, 0.3) is 0 Å². The Labute approximate surface area is 184 Å². The lowest BCUT2D eigenvalue weighted by Gasteiger charge is -2.15. The highest BCUT2D eigenvalue weighted by Crippen LogP contribution is 2.32. The van der Waals surface area contributed by atoms with E-state index in [1.54, 1.807) is 19.2 Å². The summed E-state index contributed by atoms with van der Waals surface area (Å²) in [6.45, 7) is -1.97. The number of hydrogen-bond acceptors (Lipinski definition) is 5. The second kappa shape index (κ2) is 10.9. The van der Waals surface area contributed by atoms with E-state index in [0.29, 0.717) is 29.6 Å². The Morgan fingerprint density at radius 3 is 2.59 bits per heavy atom. The fourth-order valence-electron chi connectivity index (χ4n) is 2.67. The molecule has 0 saturated heterocycles. The smallest absolute Gasteiger partial charge is 0.387 e. The van der Waals surface area contributed by atoms with Crippen molar-refractivity contribution in [3.05, 3.63) is 47.5 Å². The normalized spacial score (nSPS) is 12.4. The molecule has 0 atom stereocenters. The number of nitrogens with zero attached hydrogens (tertiary/aromatic N) is 1. The summed E-state index contributed by atoms with van der Waals surface area (Å²) in [7, 11) is 3.13. The van der Waals surface area contributed by atoms with Crippen LogP contribution in [0.2, 0.25) is 0 Å². The van der Waals surface area contributed by atoms with Gasteiger partial charge in [-0.05, 0) is 35.9 Å². The summed E-state index contributed by atoms with van der Waals surface area (Å²) < 4.78 is 45.6. The van der Waals surface area contributed by atoms with Crippen LogP contribution in [-0.4, -0.2) is 33.5 Å². The lowest BCUT2D eigenvalue weighted by Crippen LogP contribution is -2.36. The fraction of sp³-hybridized carbons (Fsp3) is 0.316. The van der Waals surface area contributed by atoms with Crippen LogP contribution in [0.25, 0.3) is 0 Å². The number of aliphatic imine (C=N–C) groups is 1. The number of methoxy groups -OCH3 is 1. The van der Waals surface area contributed by atoms with Crippen molar-refractivity contribution >= 4 is 29.9 Å². The number of benzene rings is 2. The summed E-state index contributed by atoms with van der Waals surface area (Å²) in [5.41, 5.74) is 1.50. The first-order valence-corrected chi connectivity index (χ1v) is 8.54. The molecule has 0 bridgehead atoms. The highest BCUT2D eigenvalue weighted by molar-refractivity contribution is 14.0. The molecule has 1 aliphatic heterocycles. The van der Waals surface area contributed by atoms with Crippen LogP contribution >= 0.6 is 24.0 Å². The maximum Gasteiger partial charge on any atom is 0.387 e. The third kappa shape index (κ3) is 6.24. The summed E-state index contributed by atoms with van der Waals surface area (Å²) in [6, 6.07) is 10.3. The van der Waals surface area contributed by atoms with Crippen LogP contribution in [0.1, 0.15) is 11.1 Å². The van der Waals surface area contributed by atoms with E-state index in [0.717, 1.165) is 11.3 Å². The number of ether oxygens (including phenoxy) is 4. The first-order valence-electron chi connectivity index (χ1n) is 8.54.